The lowest BCUT2D eigenvalue weighted by atomic mass is 9.91. The number of halogens is 2. The second-order valence-electron chi connectivity index (χ2n) is 7.71. The van der Waals surface area contributed by atoms with E-state index in [0.717, 1.165) is 49.9 Å². The van der Waals surface area contributed by atoms with Crippen LogP contribution < -0.4 is 16.4 Å². The third-order valence-electron chi connectivity index (χ3n) is 5.50. The number of carbonyl (C=O) groups is 1. The molecule has 0 atom stereocenters. The lowest BCUT2D eigenvalue weighted by Crippen LogP contribution is -2.16. The molecule has 32 heavy (non-hydrogen) atoms. The quantitative estimate of drug-likeness (QED) is 0.497. The normalized spacial score (nSPS) is 14.2. The van der Waals surface area contributed by atoms with Gasteiger partial charge in [0.15, 0.2) is 0 Å². The number of anilines is 3. The summed E-state index contributed by atoms with van der Waals surface area (Å²) < 4.78 is 32.9. The fourth-order valence-electron chi connectivity index (χ4n) is 3.78. The second kappa shape index (κ2) is 9.74. The number of primary amides is 1. The summed E-state index contributed by atoms with van der Waals surface area (Å²) in [6.45, 7) is 1.51. The Balaban J connectivity index is 1.54. The summed E-state index contributed by atoms with van der Waals surface area (Å²) in [5.74, 6) is -0.820. The molecule has 1 saturated heterocycles. The van der Waals surface area contributed by atoms with Crippen LogP contribution in [0.25, 0.3) is 0 Å². The molecule has 1 aliphatic heterocycles. The highest BCUT2D eigenvalue weighted by Crippen LogP contribution is 2.30. The highest BCUT2D eigenvalue weighted by atomic mass is 19.1. The summed E-state index contributed by atoms with van der Waals surface area (Å²) in [4.78, 5) is 16.1. The first kappa shape index (κ1) is 21.7. The van der Waals surface area contributed by atoms with Gasteiger partial charge in [-0.3, -0.25) is 4.79 Å². The van der Waals surface area contributed by atoms with Crippen molar-refractivity contribution in [2.75, 3.05) is 23.8 Å². The number of carbonyl (C=O) groups excluding carboxylic acids is 1. The number of aromatic nitrogens is 1. The number of ether oxygens (including phenoxy) is 1. The maximum absolute atomic E-state index is 14.0. The van der Waals surface area contributed by atoms with Crippen LogP contribution in [0.4, 0.5) is 26.0 Å². The van der Waals surface area contributed by atoms with Crippen LogP contribution in [0.3, 0.4) is 0 Å². The molecule has 4 N–H and O–H groups in total. The lowest BCUT2D eigenvalue weighted by molar-refractivity contribution is 0.0853. The van der Waals surface area contributed by atoms with Gasteiger partial charge in [-0.1, -0.05) is 12.1 Å². The van der Waals surface area contributed by atoms with E-state index in [1.165, 1.54) is 11.8 Å². The summed E-state index contributed by atoms with van der Waals surface area (Å²) in [6, 6.07) is 12.9. The second-order valence-corrected chi connectivity index (χ2v) is 7.71. The van der Waals surface area contributed by atoms with Gasteiger partial charge in [-0.05, 0) is 54.7 Å². The van der Waals surface area contributed by atoms with Crippen molar-refractivity contribution >= 4 is 23.1 Å². The van der Waals surface area contributed by atoms with E-state index in [0.29, 0.717) is 17.4 Å². The highest BCUT2D eigenvalue weighted by Gasteiger charge is 2.16. The van der Waals surface area contributed by atoms with Crippen LogP contribution in [-0.2, 0) is 11.3 Å². The molecule has 8 heteroatoms. The predicted octanol–water partition coefficient (Wildman–Crippen LogP) is 4.71. The molecule has 2 aromatic carbocycles. The molecule has 0 aliphatic carbocycles. The number of rotatable bonds is 7. The van der Waals surface area contributed by atoms with Crippen molar-refractivity contribution in [2.24, 2.45) is 5.73 Å². The Labute approximate surface area is 184 Å². The maximum Gasteiger partial charge on any atom is 0.252 e. The minimum atomic E-state index is -0.673. The van der Waals surface area contributed by atoms with Crippen LogP contribution in [-0.4, -0.2) is 24.1 Å². The van der Waals surface area contributed by atoms with E-state index in [-0.39, 0.29) is 17.7 Å². The number of hydrogen-bond donors (Lipinski definition) is 3. The Hall–Kier alpha value is -3.52. The standard InChI is InChI=1S/C24H24F2N4O2/c25-18-4-5-21(26)17(10-18)13-28-22-12-23(29-14-20(22)24(27)31)30-19-3-1-2-16(11-19)15-6-8-32-9-7-15/h1-5,10-12,14-15H,6-9,13H2,(H2,27,31)(H2,28,29,30). The molecule has 2 heterocycles. The van der Waals surface area contributed by atoms with Crippen molar-refractivity contribution in [3.05, 3.63) is 83.1 Å². The van der Waals surface area contributed by atoms with Gasteiger partial charge >= 0.3 is 0 Å². The van der Waals surface area contributed by atoms with Crippen molar-refractivity contribution in [1.82, 2.24) is 4.98 Å². The number of nitrogens with zero attached hydrogens (tertiary/aromatic N) is 1. The van der Waals surface area contributed by atoms with Crippen LogP contribution >= 0.6 is 0 Å². The summed E-state index contributed by atoms with van der Waals surface area (Å²) >= 11 is 0. The molecule has 1 amide bonds. The Morgan fingerprint density at radius 2 is 1.94 bits per heavy atom. The number of benzene rings is 2. The molecule has 3 aromatic rings. The van der Waals surface area contributed by atoms with Crippen LogP contribution in [0.2, 0.25) is 0 Å². The number of amides is 1. The topological polar surface area (TPSA) is 89.3 Å². The van der Waals surface area contributed by atoms with E-state index in [1.807, 2.05) is 12.1 Å². The fourth-order valence-corrected chi connectivity index (χ4v) is 3.78. The lowest BCUT2D eigenvalue weighted by Gasteiger charge is -2.23. The van der Waals surface area contributed by atoms with Crippen molar-refractivity contribution < 1.29 is 18.3 Å². The van der Waals surface area contributed by atoms with Crippen molar-refractivity contribution in [3.8, 4) is 0 Å². The monoisotopic (exact) mass is 438 g/mol. The minimum Gasteiger partial charge on any atom is -0.381 e. The molecular formula is C24H24F2N4O2. The molecule has 0 radical (unpaired) electrons. The van der Waals surface area contributed by atoms with Crippen molar-refractivity contribution in [3.63, 3.8) is 0 Å². The van der Waals surface area contributed by atoms with E-state index in [4.69, 9.17) is 10.5 Å². The molecule has 166 valence electrons. The fraction of sp³-hybridized carbons (Fsp3) is 0.250. The van der Waals surface area contributed by atoms with Gasteiger partial charge in [0.1, 0.15) is 17.5 Å². The van der Waals surface area contributed by atoms with E-state index < -0.39 is 17.5 Å². The highest BCUT2D eigenvalue weighted by molar-refractivity contribution is 5.98. The Morgan fingerprint density at radius 1 is 1.12 bits per heavy atom. The predicted molar refractivity (Wildman–Crippen MR) is 119 cm³/mol. The van der Waals surface area contributed by atoms with Gasteiger partial charge in [0.2, 0.25) is 0 Å². The summed E-state index contributed by atoms with van der Waals surface area (Å²) in [7, 11) is 0. The Morgan fingerprint density at radius 3 is 2.72 bits per heavy atom. The Bertz CT molecular complexity index is 1120. The van der Waals surface area contributed by atoms with Crippen LogP contribution in [0, 0.1) is 11.6 Å². The smallest absolute Gasteiger partial charge is 0.252 e. The van der Waals surface area contributed by atoms with E-state index >= 15 is 0 Å². The molecule has 0 unspecified atom stereocenters. The number of hydrogen-bond acceptors (Lipinski definition) is 5. The molecule has 4 rings (SSSR count). The molecule has 0 bridgehead atoms. The van der Waals surface area contributed by atoms with Gasteiger partial charge < -0.3 is 21.1 Å². The van der Waals surface area contributed by atoms with E-state index in [9.17, 15) is 13.6 Å². The first-order chi connectivity index (χ1) is 15.5. The first-order valence-electron chi connectivity index (χ1n) is 10.4. The van der Waals surface area contributed by atoms with Gasteiger partial charge in [-0.25, -0.2) is 13.8 Å². The van der Waals surface area contributed by atoms with Crippen LogP contribution in [0.15, 0.2) is 54.7 Å². The number of nitrogens with two attached hydrogens (primary N) is 1. The largest absolute Gasteiger partial charge is 0.381 e. The molecular weight excluding hydrogens is 414 g/mol. The first-order valence-corrected chi connectivity index (χ1v) is 10.4. The van der Waals surface area contributed by atoms with Crippen molar-refractivity contribution in [1.29, 1.82) is 0 Å². The molecule has 1 aromatic heterocycles. The average molecular weight is 438 g/mol. The van der Waals surface area contributed by atoms with E-state index in [2.05, 4.69) is 27.8 Å². The molecule has 6 nitrogen and oxygen atoms in total. The SMILES string of the molecule is NC(=O)c1cnc(Nc2cccc(C3CCOCC3)c2)cc1NCc1cc(F)ccc1F. The molecule has 1 fully saturated rings. The third-order valence-corrected chi connectivity index (χ3v) is 5.50. The van der Waals surface area contributed by atoms with Gasteiger partial charge in [-0.15, -0.1) is 0 Å². The van der Waals surface area contributed by atoms with Crippen molar-refractivity contribution in [2.45, 2.75) is 25.3 Å². The zero-order valence-electron chi connectivity index (χ0n) is 17.4. The van der Waals surface area contributed by atoms with E-state index in [1.54, 1.807) is 6.07 Å². The molecule has 1 aliphatic rings. The van der Waals surface area contributed by atoms with Gasteiger partial charge in [0.25, 0.3) is 5.91 Å². The molecule has 0 saturated carbocycles. The maximum atomic E-state index is 14.0. The average Bonchev–Trinajstić information content (AvgIpc) is 2.80. The third kappa shape index (κ3) is 5.20. The Kier molecular flexibility index (Phi) is 6.61. The van der Waals surface area contributed by atoms with Crippen LogP contribution in [0.1, 0.15) is 40.2 Å². The zero-order chi connectivity index (χ0) is 22.5. The van der Waals surface area contributed by atoms with Gasteiger partial charge in [0, 0.05) is 43.3 Å². The summed E-state index contributed by atoms with van der Waals surface area (Å²) in [6.07, 6.45) is 3.33. The zero-order valence-corrected chi connectivity index (χ0v) is 17.4. The van der Waals surface area contributed by atoms with Gasteiger partial charge in [0.05, 0.1) is 11.3 Å². The number of nitrogens with one attached hydrogen (secondary N) is 2. The minimum absolute atomic E-state index is 0.0213. The van der Waals surface area contributed by atoms with Gasteiger partial charge in [-0.2, -0.15) is 0 Å². The van der Waals surface area contributed by atoms with Crippen LogP contribution in [0.5, 0.6) is 0 Å². The number of pyridine rings is 1. The summed E-state index contributed by atoms with van der Waals surface area (Å²) in [5.41, 5.74) is 8.21. The summed E-state index contributed by atoms with van der Waals surface area (Å²) in [5, 5.41) is 6.21. The molecule has 0 spiro atoms.